The first-order chi connectivity index (χ1) is 13.5. The molecule has 2 N–H and O–H groups in total. The van der Waals surface area contributed by atoms with Crippen LogP contribution in [0.2, 0.25) is 0 Å². The van der Waals surface area contributed by atoms with Crippen molar-refractivity contribution in [2.24, 2.45) is 0 Å². The van der Waals surface area contributed by atoms with Gasteiger partial charge in [-0.15, -0.1) is 0 Å². The molecule has 0 fully saturated rings. The number of carbonyl (C=O) groups excluding carboxylic acids is 2. The molecule has 2 aromatic carbocycles. The van der Waals surface area contributed by atoms with Gasteiger partial charge in [-0.25, -0.2) is 4.79 Å². The summed E-state index contributed by atoms with van der Waals surface area (Å²) in [6.45, 7) is 1.44. The molecule has 2 aromatic rings. The first-order valence-corrected chi connectivity index (χ1v) is 9.08. The molecule has 28 heavy (non-hydrogen) atoms. The largest absolute Gasteiger partial charge is 0.480 e. The Bertz CT molecular complexity index is 908. The van der Waals surface area contributed by atoms with Gasteiger partial charge in [-0.1, -0.05) is 54.6 Å². The molecule has 3 rings (SSSR count). The number of hydrogen-bond donors (Lipinski definition) is 2. The summed E-state index contributed by atoms with van der Waals surface area (Å²) in [6.07, 6.45) is 3.68. The summed E-state index contributed by atoms with van der Waals surface area (Å²) >= 11 is 0. The Hall–Kier alpha value is -3.41. The third-order valence-corrected chi connectivity index (χ3v) is 4.76. The summed E-state index contributed by atoms with van der Waals surface area (Å²) in [5, 5.41) is 12.1. The van der Waals surface area contributed by atoms with E-state index in [9.17, 15) is 19.5 Å². The molecule has 6 nitrogen and oxygen atoms in total. The van der Waals surface area contributed by atoms with E-state index in [4.69, 9.17) is 0 Å². The van der Waals surface area contributed by atoms with E-state index in [1.54, 1.807) is 6.20 Å². The van der Waals surface area contributed by atoms with Crippen molar-refractivity contribution in [2.75, 3.05) is 0 Å². The van der Waals surface area contributed by atoms with Gasteiger partial charge >= 0.3 is 5.97 Å². The fourth-order valence-corrected chi connectivity index (χ4v) is 3.39. The highest BCUT2D eigenvalue weighted by Gasteiger charge is 2.29. The molecular weight excluding hydrogens is 356 g/mol. The van der Waals surface area contributed by atoms with Crippen molar-refractivity contribution in [1.82, 2.24) is 10.2 Å². The number of carboxylic acid groups (broad SMARTS) is 1. The Balaban J connectivity index is 1.75. The summed E-state index contributed by atoms with van der Waals surface area (Å²) in [4.78, 5) is 37.8. The second-order valence-electron chi connectivity index (χ2n) is 6.74. The van der Waals surface area contributed by atoms with Gasteiger partial charge in [0.15, 0.2) is 0 Å². The number of benzene rings is 2. The molecule has 0 saturated heterocycles. The molecule has 1 aliphatic heterocycles. The fraction of sp³-hybridized carbons (Fsp3) is 0.227. The van der Waals surface area contributed by atoms with Crippen LogP contribution in [-0.4, -0.2) is 33.8 Å². The van der Waals surface area contributed by atoms with Gasteiger partial charge in [-0.05, 0) is 22.8 Å². The highest BCUT2D eigenvalue weighted by atomic mass is 16.4. The van der Waals surface area contributed by atoms with Crippen molar-refractivity contribution < 1.29 is 19.5 Å². The molecule has 0 aromatic heterocycles. The zero-order chi connectivity index (χ0) is 20.1. The minimum absolute atomic E-state index is 0.0144. The Kier molecular flexibility index (Phi) is 5.89. The summed E-state index contributed by atoms with van der Waals surface area (Å²) in [6, 6.07) is 15.2. The number of hydrogen-bond acceptors (Lipinski definition) is 3. The molecule has 144 valence electrons. The van der Waals surface area contributed by atoms with Crippen LogP contribution in [0.5, 0.6) is 0 Å². The lowest BCUT2D eigenvalue weighted by atomic mass is 9.93. The van der Waals surface area contributed by atoms with E-state index in [1.807, 2.05) is 60.7 Å². The standard InChI is InChI=1S/C22H22N2O4/c1-15(25)24-12-11-17-9-5-6-10-18(17)20(24)14-21(26)23-19(22(27)28)13-16-7-3-2-4-8-16/h2-12,19-20H,13-14H2,1H3,(H,23,26)(H,27,28)/t19-,20+/m0/s1. The summed E-state index contributed by atoms with van der Waals surface area (Å²) in [7, 11) is 0. The van der Waals surface area contributed by atoms with E-state index in [1.165, 1.54) is 11.8 Å². The lowest BCUT2D eigenvalue weighted by Gasteiger charge is -2.32. The van der Waals surface area contributed by atoms with Crippen LogP contribution in [0.3, 0.4) is 0 Å². The molecule has 6 heteroatoms. The second kappa shape index (κ2) is 8.52. The zero-order valence-electron chi connectivity index (χ0n) is 15.5. The van der Waals surface area contributed by atoms with E-state index < -0.39 is 24.0 Å². The smallest absolute Gasteiger partial charge is 0.326 e. The maximum atomic E-state index is 12.7. The first kappa shape index (κ1) is 19.4. The van der Waals surface area contributed by atoms with Crippen molar-refractivity contribution >= 4 is 23.9 Å². The number of carbonyl (C=O) groups is 3. The average molecular weight is 378 g/mol. The predicted molar refractivity (Wildman–Crippen MR) is 105 cm³/mol. The maximum absolute atomic E-state index is 12.7. The molecular formula is C22H22N2O4. The van der Waals surface area contributed by atoms with Crippen LogP contribution in [0.1, 0.15) is 36.1 Å². The number of amides is 2. The van der Waals surface area contributed by atoms with E-state index in [0.29, 0.717) is 0 Å². The van der Waals surface area contributed by atoms with Gasteiger partial charge in [0.25, 0.3) is 0 Å². The van der Waals surface area contributed by atoms with Crippen LogP contribution >= 0.6 is 0 Å². The van der Waals surface area contributed by atoms with Crippen LogP contribution in [0.25, 0.3) is 6.08 Å². The summed E-state index contributed by atoms with van der Waals surface area (Å²) in [5.74, 6) is -1.68. The number of rotatable bonds is 6. The van der Waals surface area contributed by atoms with Crippen molar-refractivity contribution in [3.63, 3.8) is 0 Å². The number of nitrogens with one attached hydrogen (secondary N) is 1. The van der Waals surface area contributed by atoms with Crippen LogP contribution in [0.4, 0.5) is 0 Å². The van der Waals surface area contributed by atoms with Gasteiger partial charge in [0.2, 0.25) is 11.8 Å². The number of aliphatic carboxylic acids is 1. The molecule has 0 radical (unpaired) electrons. The Labute approximate surface area is 163 Å². The van der Waals surface area contributed by atoms with Crippen molar-refractivity contribution in [1.29, 1.82) is 0 Å². The Morgan fingerprint density at radius 3 is 2.43 bits per heavy atom. The zero-order valence-corrected chi connectivity index (χ0v) is 15.5. The quantitative estimate of drug-likeness (QED) is 0.809. The molecule has 0 aliphatic carbocycles. The van der Waals surface area contributed by atoms with Crippen LogP contribution < -0.4 is 5.32 Å². The van der Waals surface area contributed by atoms with Crippen LogP contribution in [0.15, 0.2) is 60.8 Å². The minimum Gasteiger partial charge on any atom is -0.480 e. The van der Waals surface area contributed by atoms with Crippen molar-refractivity contribution in [3.8, 4) is 0 Å². The van der Waals surface area contributed by atoms with Crippen LogP contribution in [0, 0.1) is 0 Å². The predicted octanol–water partition coefficient (Wildman–Crippen LogP) is 2.76. The van der Waals surface area contributed by atoms with Crippen molar-refractivity contribution in [2.45, 2.75) is 31.8 Å². The molecule has 2 atom stereocenters. The molecule has 0 saturated carbocycles. The Morgan fingerprint density at radius 1 is 1.07 bits per heavy atom. The van der Waals surface area contributed by atoms with Gasteiger partial charge in [-0.3, -0.25) is 9.59 Å². The van der Waals surface area contributed by atoms with Gasteiger partial charge in [0.05, 0.1) is 12.5 Å². The van der Waals surface area contributed by atoms with Gasteiger partial charge < -0.3 is 15.3 Å². The van der Waals surface area contributed by atoms with Crippen molar-refractivity contribution in [3.05, 3.63) is 77.5 Å². The number of fused-ring (bicyclic) bond motifs is 1. The average Bonchev–Trinajstić information content (AvgIpc) is 2.68. The molecule has 0 unspecified atom stereocenters. The molecule has 0 bridgehead atoms. The first-order valence-electron chi connectivity index (χ1n) is 9.08. The summed E-state index contributed by atoms with van der Waals surface area (Å²) < 4.78 is 0. The van der Waals surface area contributed by atoms with E-state index in [2.05, 4.69) is 5.32 Å². The normalized spacial score (nSPS) is 16.2. The van der Waals surface area contributed by atoms with Gasteiger partial charge in [0.1, 0.15) is 6.04 Å². The fourth-order valence-electron chi connectivity index (χ4n) is 3.39. The topological polar surface area (TPSA) is 86.7 Å². The highest BCUT2D eigenvalue weighted by molar-refractivity contribution is 5.85. The SMILES string of the molecule is CC(=O)N1C=Cc2ccccc2[C@H]1CC(=O)N[C@@H](Cc1ccccc1)C(=O)O. The van der Waals surface area contributed by atoms with E-state index in [0.717, 1.165) is 16.7 Å². The second-order valence-corrected chi connectivity index (χ2v) is 6.74. The lowest BCUT2D eigenvalue weighted by Crippen LogP contribution is -2.44. The highest BCUT2D eigenvalue weighted by Crippen LogP contribution is 2.32. The van der Waals surface area contributed by atoms with Gasteiger partial charge in [-0.2, -0.15) is 0 Å². The third kappa shape index (κ3) is 4.46. The molecule has 0 spiro atoms. The van der Waals surface area contributed by atoms with Crippen LogP contribution in [-0.2, 0) is 20.8 Å². The summed E-state index contributed by atoms with van der Waals surface area (Å²) in [5.41, 5.74) is 2.63. The molecule has 1 aliphatic rings. The van der Waals surface area contributed by atoms with E-state index in [-0.39, 0.29) is 18.7 Å². The Morgan fingerprint density at radius 2 is 1.75 bits per heavy atom. The lowest BCUT2D eigenvalue weighted by molar-refractivity contribution is -0.142. The molecule has 1 heterocycles. The number of carboxylic acids is 1. The minimum atomic E-state index is -1.09. The van der Waals surface area contributed by atoms with Gasteiger partial charge in [0, 0.05) is 19.5 Å². The molecule has 2 amide bonds. The number of nitrogens with zero attached hydrogens (tertiary/aromatic N) is 1. The van der Waals surface area contributed by atoms with E-state index >= 15 is 0 Å². The monoisotopic (exact) mass is 378 g/mol. The third-order valence-electron chi connectivity index (χ3n) is 4.76. The maximum Gasteiger partial charge on any atom is 0.326 e.